The van der Waals surface area contributed by atoms with Crippen LogP contribution in [-0.2, 0) is 4.79 Å². The summed E-state index contributed by atoms with van der Waals surface area (Å²) in [6, 6.07) is 5.75. The maximum atomic E-state index is 12.7. The second-order valence-electron chi connectivity index (χ2n) is 6.89. The summed E-state index contributed by atoms with van der Waals surface area (Å²) in [5, 5.41) is 0. The molecule has 1 aromatic rings. The number of carbonyl (C=O) groups excluding carboxylic acids is 1. The molecule has 0 spiro atoms. The molecule has 0 saturated carbocycles. The van der Waals surface area contributed by atoms with Gasteiger partial charge in [0.25, 0.3) is 0 Å². The Hall–Kier alpha value is -1.97. The molecule has 144 valence electrons. The lowest BCUT2D eigenvalue weighted by molar-refractivity contribution is -0.126. The van der Waals surface area contributed by atoms with Crippen LogP contribution in [0.15, 0.2) is 24.3 Å². The largest absolute Gasteiger partial charge is 0.454 e. The highest BCUT2D eigenvalue weighted by molar-refractivity contribution is 5.91. The molecule has 1 aliphatic rings. The fourth-order valence-electron chi connectivity index (χ4n) is 3.08. The van der Waals surface area contributed by atoms with E-state index < -0.39 is 0 Å². The third-order valence-corrected chi connectivity index (χ3v) is 4.69. The van der Waals surface area contributed by atoms with Crippen LogP contribution in [0.2, 0.25) is 0 Å². The van der Waals surface area contributed by atoms with Gasteiger partial charge in [-0.15, -0.1) is 0 Å². The first-order chi connectivity index (χ1) is 12.7. The van der Waals surface area contributed by atoms with Gasteiger partial charge in [-0.05, 0) is 36.6 Å². The number of ether oxygens (including phenoxy) is 2. The summed E-state index contributed by atoms with van der Waals surface area (Å²) < 4.78 is 10.7. The van der Waals surface area contributed by atoms with Gasteiger partial charge in [-0.1, -0.05) is 58.4 Å². The van der Waals surface area contributed by atoms with E-state index in [-0.39, 0.29) is 12.7 Å². The van der Waals surface area contributed by atoms with Crippen LogP contribution in [0.5, 0.6) is 11.5 Å². The number of hydrogen-bond acceptors (Lipinski definition) is 3. The minimum atomic E-state index is 0.107. The van der Waals surface area contributed by atoms with Crippen LogP contribution in [0.25, 0.3) is 6.08 Å². The van der Waals surface area contributed by atoms with Crippen molar-refractivity contribution in [3.05, 3.63) is 29.8 Å². The molecule has 0 saturated heterocycles. The molecule has 0 bridgehead atoms. The molecule has 0 unspecified atom stereocenters. The summed E-state index contributed by atoms with van der Waals surface area (Å²) in [6.45, 7) is 6.40. The van der Waals surface area contributed by atoms with E-state index in [1.807, 2.05) is 29.2 Å². The Morgan fingerprint density at radius 2 is 1.62 bits per heavy atom. The highest BCUT2D eigenvalue weighted by atomic mass is 16.7. The van der Waals surface area contributed by atoms with Crippen LogP contribution in [0.3, 0.4) is 0 Å². The highest BCUT2D eigenvalue weighted by Crippen LogP contribution is 2.32. The molecular formula is C22H33NO3. The first-order valence-electron chi connectivity index (χ1n) is 10.1. The lowest BCUT2D eigenvalue weighted by Gasteiger charge is -2.21. The van der Waals surface area contributed by atoms with Gasteiger partial charge in [0, 0.05) is 19.2 Å². The topological polar surface area (TPSA) is 38.8 Å². The molecule has 0 aromatic heterocycles. The van der Waals surface area contributed by atoms with Crippen molar-refractivity contribution in [1.82, 2.24) is 4.90 Å². The Morgan fingerprint density at radius 3 is 2.27 bits per heavy atom. The van der Waals surface area contributed by atoms with E-state index in [2.05, 4.69) is 13.8 Å². The summed E-state index contributed by atoms with van der Waals surface area (Å²) in [4.78, 5) is 14.7. The van der Waals surface area contributed by atoms with E-state index in [1.165, 1.54) is 38.5 Å². The van der Waals surface area contributed by atoms with E-state index in [9.17, 15) is 4.79 Å². The number of rotatable bonds is 12. The van der Waals surface area contributed by atoms with Crippen molar-refractivity contribution in [2.24, 2.45) is 0 Å². The number of unbranched alkanes of at least 4 members (excludes halogenated alkanes) is 6. The molecular weight excluding hydrogens is 326 g/mol. The molecule has 0 N–H and O–H groups in total. The molecule has 1 amide bonds. The number of benzene rings is 1. The molecule has 4 heteroatoms. The molecule has 0 aliphatic carbocycles. The smallest absolute Gasteiger partial charge is 0.246 e. The second-order valence-corrected chi connectivity index (χ2v) is 6.89. The van der Waals surface area contributed by atoms with E-state index in [0.717, 1.165) is 43.0 Å². The van der Waals surface area contributed by atoms with E-state index in [4.69, 9.17) is 9.47 Å². The van der Waals surface area contributed by atoms with Gasteiger partial charge in [-0.2, -0.15) is 0 Å². The van der Waals surface area contributed by atoms with Gasteiger partial charge in [0.2, 0.25) is 12.7 Å². The lowest BCUT2D eigenvalue weighted by atomic mass is 10.1. The van der Waals surface area contributed by atoms with Crippen molar-refractivity contribution < 1.29 is 14.3 Å². The van der Waals surface area contributed by atoms with Gasteiger partial charge in [-0.25, -0.2) is 0 Å². The number of nitrogens with zero attached hydrogens (tertiary/aromatic N) is 1. The predicted molar refractivity (Wildman–Crippen MR) is 106 cm³/mol. The second kappa shape index (κ2) is 11.6. The van der Waals surface area contributed by atoms with E-state index >= 15 is 0 Å². The SMILES string of the molecule is CCCCCCN(CCCCCC)C(=O)/C=C/c1ccc2c(c1)OCO2. The molecule has 0 atom stereocenters. The molecule has 1 heterocycles. The fraction of sp³-hybridized carbons (Fsp3) is 0.591. The molecule has 0 fully saturated rings. The fourth-order valence-corrected chi connectivity index (χ4v) is 3.08. The lowest BCUT2D eigenvalue weighted by Crippen LogP contribution is -2.31. The maximum absolute atomic E-state index is 12.7. The normalized spacial score (nSPS) is 12.7. The minimum absolute atomic E-state index is 0.107. The van der Waals surface area contributed by atoms with E-state index in [0.29, 0.717) is 0 Å². The third-order valence-electron chi connectivity index (χ3n) is 4.69. The van der Waals surface area contributed by atoms with Crippen LogP contribution < -0.4 is 9.47 Å². The standard InChI is InChI=1S/C22H33NO3/c1-3-5-7-9-15-23(16-10-8-6-4-2)22(24)14-12-19-11-13-20-21(17-19)26-18-25-20/h11-14,17H,3-10,15-16,18H2,1-2H3/b14-12+. The van der Waals surface area contributed by atoms with Crippen molar-refractivity contribution in [2.45, 2.75) is 65.2 Å². The van der Waals surface area contributed by atoms with Gasteiger partial charge >= 0.3 is 0 Å². The first kappa shape index (κ1) is 20.3. The van der Waals surface area contributed by atoms with Crippen molar-refractivity contribution in [1.29, 1.82) is 0 Å². The first-order valence-corrected chi connectivity index (χ1v) is 10.1. The van der Waals surface area contributed by atoms with Gasteiger partial charge < -0.3 is 14.4 Å². The summed E-state index contributed by atoms with van der Waals surface area (Å²) in [5.74, 6) is 1.62. The molecule has 26 heavy (non-hydrogen) atoms. The Morgan fingerprint density at radius 1 is 0.962 bits per heavy atom. The zero-order chi connectivity index (χ0) is 18.6. The van der Waals surface area contributed by atoms with E-state index in [1.54, 1.807) is 6.08 Å². The molecule has 1 aliphatic heterocycles. The summed E-state index contributed by atoms with van der Waals surface area (Å²) in [6.07, 6.45) is 13.0. The number of amides is 1. The molecule has 4 nitrogen and oxygen atoms in total. The third kappa shape index (κ3) is 6.74. The summed E-state index contributed by atoms with van der Waals surface area (Å²) in [5.41, 5.74) is 0.958. The average molecular weight is 360 g/mol. The Balaban J connectivity index is 1.90. The van der Waals surface area contributed by atoms with Crippen molar-refractivity contribution in [2.75, 3.05) is 19.9 Å². The minimum Gasteiger partial charge on any atom is -0.454 e. The number of hydrogen-bond donors (Lipinski definition) is 0. The van der Waals surface area contributed by atoms with Gasteiger partial charge in [0.1, 0.15) is 0 Å². The Kier molecular flexibility index (Phi) is 9.08. The highest BCUT2D eigenvalue weighted by Gasteiger charge is 2.13. The van der Waals surface area contributed by atoms with Crippen LogP contribution in [0.4, 0.5) is 0 Å². The number of carbonyl (C=O) groups is 1. The predicted octanol–water partition coefficient (Wildman–Crippen LogP) is 5.42. The molecule has 2 rings (SSSR count). The molecule has 1 aromatic carbocycles. The van der Waals surface area contributed by atoms with Crippen molar-refractivity contribution in [3.8, 4) is 11.5 Å². The Labute approximate surface area is 158 Å². The van der Waals surface area contributed by atoms with Crippen LogP contribution in [-0.4, -0.2) is 30.7 Å². The van der Waals surface area contributed by atoms with Crippen LogP contribution in [0, 0.1) is 0 Å². The monoisotopic (exact) mass is 359 g/mol. The zero-order valence-electron chi connectivity index (χ0n) is 16.3. The average Bonchev–Trinajstić information content (AvgIpc) is 3.12. The van der Waals surface area contributed by atoms with Crippen molar-refractivity contribution >= 4 is 12.0 Å². The maximum Gasteiger partial charge on any atom is 0.246 e. The summed E-state index contributed by atoms with van der Waals surface area (Å²) >= 11 is 0. The zero-order valence-corrected chi connectivity index (χ0v) is 16.3. The van der Waals surface area contributed by atoms with Crippen LogP contribution >= 0.6 is 0 Å². The van der Waals surface area contributed by atoms with Gasteiger partial charge in [-0.3, -0.25) is 4.79 Å². The van der Waals surface area contributed by atoms with Gasteiger partial charge in [0.05, 0.1) is 0 Å². The molecule has 0 radical (unpaired) electrons. The quantitative estimate of drug-likeness (QED) is 0.369. The summed E-state index contributed by atoms with van der Waals surface area (Å²) in [7, 11) is 0. The number of fused-ring (bicyclic) bond motifs is 1. The van der Waals surface area contributed by atoms with Crippen molar-refractivity contribution in [3.63, 3.8) is 0 Å². The Bertz CT molecular complexity index is 571. The van der Waals surface area contributed by atoms with Crippen LogP contribution in [0.1, 0.15) is 70.8 Å². The van der Waals surface area contributed by atoms with Gasteiger partial charge in [0.15, 0.2) is 11.5 Å².